The standard InChI is InChI=1S/C23H24F3N5O2S/c24-23(25,26)33-17-6-7-19-18(13-17)20(28-29-22(27)34)21(32)31(19)14-30-10-8-16(9-11-30)12-15-4-2-1-3-5-15/h1-7,13,16,32H,8-12,14H2,(H2,27,34). The molecule has 1 aromatic heterocycles. The van der Waals surface area contributed by atoms with E-state index in [9.17, 15) is 18.3 Å². The molecule has 0 unspecified atom stereocenters. The van der Waals surface area contributed by atoms with Gasteiger partial charge in [0.1, 0.15) is 5.75 Å². The van der Waals surface area contributed by atoms with Crippen LogP contribution in [0.2, 0.25) is 0 Å². The van der Waals surface area contributed by atoms with Gasteiger partial charge in [0.15, 0.2) is 5.69 Å². The number of rotatable bonds is 6. The Hall–Kier alpha value is -3.18. The molecule has 0 saturated carbocycles. The van der Waals surface area contributed by atoms with E-state index in [1.165, 1.54) is 23.8 Å². The fourth-order valence-corrected chi connectivity index (χ4v) is 4.36. The number of ether oxygens (including phenoxy) is 1. The fourth-order valence-electron chi connectivity index (χ4n) is 4.32. The van der Waals surface area contributed by atoms with Crippen LogP contribution in [0.4, 0.5) is 18.9 Å². The number of hydrogen-bond acceptors (Lipinski definition) is 5. The summed E-state index contributed by atoms with van der Waals surface area (Å²) >= 11 is 4.70. The zero-order chi connectivity index (χ0) is 24.3. The molecule has 1 fully saturated rings. The van der Waals surface area contributed by atoms with Gasteiger partial charge in [-0.05, 0) is 61.2 Å². The van der Waals surface area contributed by atoms with Crippen LogP contribution in [0.5, 0.6) is 11.6 Å². The van der Waals surface area contributed by atoms with Gasteiger partial charge in [0.05, 0.1) is 12.2 Å². The highest BCUT2D eigenvalue weighted by Gasteiger charge is 2.32. The Morgan fingerprint density at radius 3 is 2.50 bits per heavy atom. The van der Waals surface area contributed by atoms with E-state index in [0.717, 1.165) is 32.4 Å². The molecule has 4 rings (SSSR count). The van der Waals surface area contributed by atoms with Crippen molar-refractivity contribution in [2.24, 2.45) is 21.9 Å². The Balaban J connectivity index is 1.55. The van der Waals surface area contributed by atoms with Gasteiger partial charge >= 0.3 is 6.36 Å². The van der Waals surface area contributed by atoms with Crippen LogP contribution in [-0.2, 0) is 13.1 Å². The summed E-state index contributed by atoms with van der Waals surface area (Å²) in [7, 11) is 0. The van der Waals surface area contributed by atoms with Gasteiger partial charge in [0.2, 0.25) is 11.0 Å². The van der Waals surface area contributed by atoms with Crippen LogP contribution in [0, 0.1) is 5.92 Å². The molecule has 7 nitrogen and oxygen atoms in total. The first-order chi connectivity index (χ1) is 16.2. The number of piperidine rings is 1. The number of azo groups is 1. The predicted molar refractivity (Wildman–Crippen MR) is 126 cm³/mol. The highest BCUT2D eigenvalue weighted by Crippen LogP contribution is 2.41. The van der Waals surface area contributed by atoms with E-state index in [4.69, 9.17) is 18.0 Å². The third-order valence-corrected chi connectivity index (χ3v) is 5.96. The SMILES string of the molecule is NC(=S)N=Nc1c(O)n(CN2CCC(Cc3ccccc3)CC2)c2ccc(OC(F)(F)F)cc12. The molecule has 0 radical (unpaired) electrons. The van der Waals surface area contributed by atoms with Crippen LogP contribution in [0.1, 0.15) is 18.4 Å². The van der Waals surface area contributed by atoms with Gasteiger partial charge in [-0.25, -0.2) is 0 Å². The summed E-state index contributed by atoms with van der Waals surface area (Å²) < 4.78 is 43.7. The second kappa shape index (κ2) is 9.98. The smallest absolute Gasteiger partial charge is 0.493 e. The van der Waals surface area contributed by atoms with Crippen LogP contribution >= 0.6 is 12.2 Å². The third-order valence-electron chi connectivity index (χ3n) is 5.88. The van der Waals surface area contributed by atoms with Crippen molar-refractivity contribution < 1.29 is 23.0 Å². The lowest BCUT2D eigenvalue weighted by Crippen LogP contribution is -2.35. The van der Waals surface area contributed by atoms with Gasteiger partial charge in [0.25, 0.3) is 0 Å². The van der Waals surface area contributed by atoms with Crippen molar-refractivity contribution in [2.75, 3.05) is 13.1 Å². The minimum atomic E-state index is -4.84. The zero-order valence-corrected chi connectivity index (χ0v) is 19.0. The van der Waals surface area contributed by atoms with Crippen molar-refractivity contribution >= 4 is 33.9 Å². The molecule has 1 aliphatic rings. The lowest BCUT2D eigenvalue weighted by atomic mass is 9.90. The van der Waals surface area contributed by atoms with Crippen molar-refractivity contribution in [2.45, 2.75) is 32.3 Å². The summed E-state index contributed by atoms with van der Waals surface area (Å²) in [6.45, 7) is 2.01. The molecule has 0 bridgehead atoms. The van der Waals surface area contributed by atoms with Gasteiger partial charge < -0.3 is 15.6 Å². The molecule has 2 heterocycles. The molecule has 180 valence electrons. The molecule has 3 aromatic rings. The Bertz CT molecular complexity index is 1190. The molecule has 34 heavy (non-hydrogen) atoms. The first kappa shape index (κ1) is 24.0. The van der Waals surface area contributed by atoms with E-state index in [0.29, 0.717) is 18.1 Å². The Labute approximate surface area is 199 Å². The minimum absolute atomic E-state index is 0.0191. The summed E-state index contributed by atoms with van der Waals surface area (Å²) in [5, 5.41) is 18.3. The van der Waals surface area contributed by atoms with Crippen molar-refractivity contribution in [1.82, 2.24) is 9.47 Å². The Morgan fingerprint density at radius 2 is 1.85 bits per heavy atom. The van der Waals surface area contributed by atoms with Gasteiger partial charge in [-0.2, -0.15) is 0 Å². The van der Waals surface area contributed by atoms with E-state index in [-0.39, 0.29) is 22.1 Å². The highest BCUT2D eigenvalue weighted by atomic mass is 32.1. The van der Waals surface area contributed by atoms with Crippen molar-refractivity contribution in [3.05, 3.63) is 54.1 Å². The zero-order valence-electron chi connectivity index (χ0n) is 18.2. The second-order valence-corrected chi connectivity index (χ2v) is 8.68. The molecule has 0 aliphatic carbocycles. The number of nitrogens with two attached hydrogens (primary N) is 1. The maximum atomic E-state index is 12.7. The Morgan fingerprint density at radius 1 is 1.15 bits per heavy atom. The number of fused-ring (bicyclic) bond motifs is 1. The molecular formula is C23H24F3N5O2S. The van der Waals surface area contributed by atoms with Crippen molar-refractivity contribution in [3.63, 3.8) is 0 Å². The number of aromatic hydroxyl groups is 1. The first-order valence-corrected chi connectivity index (χ1v) is 11.2. The molecule has 3 N–H and O–H groups in total. The topological polar surface area (TPSA) is 88.4 Å². The molecule has 1 saturated heterocycles. The van der Waals surface area contributed by atoms with Crippen LogP contribution in [0.25, 0.3) is 10.9 Å². The fraction of sp³-hybridized carbons (Fsp3) is 0.348. The van der Waals surface area contributed by atoms with Gasteiger partial charge in [-0.1, -0.05) is 30.3 Å². The summed E-state index contributed by atoms with van der Waals surface area (Å²) in [4.78, 5) is 2.19. The maximum Gasteiger partial charge on any atom is 0.573 e. The molecule has 2 aromatic carbocycles. The summed E-state index contributed by atoms with van der Waals surface area (Å²) in [6, 6.07) is 14.2. The summed E-state index contributed by atoms with van der Waals surface area (Å²) in [5.41, 5.74) is 7.17. The predicted octanol–water partition coefficient (Wildman–Crippen LogP) is 5.49. The Kier molecular flexibility index (Phi) is 7.03. The first-order valence-electron chi connectivity index (χ1n) is 10.8. The quantitative estimate of drug-likeness (QED) is 0.352. The van der Waals surface area contributed by atoms with Crippen LogP contribution in [0.3, 0.4) is 0 Å². The third kappa shape index (κ3) is 5.84. The molecular weight excluding hydrogens is 467 g/mol. The highest BCUT2D eigenvalue weighted by molar-refractivity contribution is 7.80. The number of benzene rings is 2. The summed E-state index contributed by atoms with van der Waals surface area (Å²) in [6.07, 6.45) is -1.81. The number of aromatic nitrogens is 1. The number of nitrogens with zero attached hydrogens (tertiary/aromatic N) is 4. The molecule has 11 heteroatoms. The second-order valence-electron chi connectivity index (χ2n) is 8.26. The average Bonchev–Trinajstić information content (AvgIpc) is 3.03. The molecule has 1 aliphatic heterocycles. The number of thiocarbonyl (C=S) groups is 1. The molecule has 0 atom stereocenters. The van der Waals surface area contributed by atoms with E-state index in [2.05, 4.69) is 32.0 Å². The van der Waals surface area contributed by atoms with Gasteiger partial charge in [-0.3, -0.25) is 9.47 Å². The number of hydrogen-bond donors (Lipinski definition) is 2. The van der Waals surface area contributed by atoms with Gasteiger partial charge in [-0.15, -0.1) is 23.4 Å². The number of alkyl halides is 3. The van der Waals surface area contributed by atoms with Crippen LogP contribution in [-0.4, -0.2) is 39.1 Å². The number of likely N-dealkylation sites (tertiary alicyclic amines) is 1. The molecule has 0 spiro atoms. The van der Waals surface area contributed by atoms with Crippen LogP contribution < -0.4 is 10.5 Å². The summed E-state index contributed by atoms with van der Waals surface area (Å²) in [5.74, 6) is -0.0816. The van der Waals surface area contributed by atoms with Gasteiger partial charge in [0, 0.05) is 18.5 Å². The number of halogens is 3. The maximum absolute atomic E-state index is 12.7. The van der Waals surface area contributed by atoms with E-state index in [1.54, 1.807) is 4.57 Å². The monoisotopic (exact) mass is 491 g/mol. The normalized spacial score (nSPS) is 15.9. The van der Waals surface area contributed by atoms with E-state index in [1.807, 2.05) is 18.2 Å². The lowest BCUT2D eigenvalue weighted by molar-refractivity contribution is -0.274. The van der Waals surface area contributed by atoms with E-state index < -0.39 is 12.1 Å². The lowest BCUT2D eigenvalue weighted by Gasteiger charge is -2.32. The average molecular weight is 492 g/mol. The van der Waals surface area contributed by atoms with Crippen molar-refractivity contribution in [1.29, 1.82) is 0 Å². The molecule has 0 amide bonds. The van der Waals surface area contributed by atoms with E-state index >= 15 is 0 Å². The minimum Gasteiger partial charge on any atom is -0.493 e. The van der Waals surface area contributed by atoms with Crippen molar-refractivity contribution in [3.8, 4) is 11.6 Å². The largest absolute Gasteiger partial charge is 0.573 e. The van der Waals surface area contributed by atoms with Crippen LogP contribution in [0.15, 0.2) is 58.8 Å².